The van der Waals surface area contributed by atoms with E-state index in [2.05, 4.69) is 34.7 Å². The first-order valence-corrected chi connectivity index (χ1v) is 8.79. The van der Waals surface area contributed by atoms with Gasteiger partial charge in [0.05, 0.1) is 0 Å². The first-order valence-electron chi connectivity index (χ1n) is 8.79. The number of aryl methyl sites for hydroxylation is 1. The molecule has 0 radical (unpaired) electrons. The molecule has 6 nitrogen and oxygen atoms in total. The number of benzene rings is 1. The Morgan fingerprint density at radius 3 is 2.52 bits per heavy atom. The lowest BCUT2D eigenvalue weighted by Gasteiger charge is -2.27. The van der Waals surface area contributed by atoms with Gasteiger partial charge < -0.3 is 11.1 Å². The number of nitrogens with zero attached hydrogens (tertiary/aromatic N) is 2. The van der Waals surface area contributed by atoms with Gasteiger partial charge in [0.2, 0.25) is 11.8 Å². The van der Waals surface area contributed by atoms with Crippen LogP contribution >= 0.6 is 0 Å². The molecule has 0 unspecified atom stereocenters. The van der Waals surface area contributed by atoms with E-state index in [9.17, 15) is 9.59 Å². The number of carbonyl (C=O) groups excluding carboxylic acids is 2. The van der Waals surface area contributed by atoms with E-state index in [0.717, 1.165) is 25.7 Å². The SMILES string of the molecule is NC(=O)CCn1ccc(NC(=O)C2CCC(c3ccccc3)CC2)n1. The number of hydrogen-bond acceptors (Lipinski definition) is 3. The molecular formula is C19H24N4O2. The zero-order valence-corrected chi connectivity index (χ0v) is 14.2. The summed E-state index contributed by atoms with van der Waals surface area (Å²) in [5.41, 5.74) is 6.50. The average molecular weight is 340 g/mol. The molecule has 0 atom stereocenters. The third kappa shape index (κ3) is 4.68. The third-order valence-electron chi connectivity index (χ3n) is 4.85. The fourth-order valence-corrected chi connectivity index (χ4v) is 3.42. The topological polar surface area (TPSA) is 90.0 Å². The Bertz CT molecular complexity index is 718. The van der Waals surface area contributed by atoms with Gasteiger partial charge in [-0.15, -0.1) is 0 Å². The maximum atomic E-state index is 12.5. The molecule has 3 N–H and O–H groups in total. The minimum absolute atomic E-state index is 0.0339. The third-order valence-corrected chi connectivity index (χ3v) is 4.85. The molecule has 1 saturated carbocycles. The van der Waals surface area contributed by atoms with Crippen molar-refractivity contribution in [2.45, 2.75) is 44.6 Å². The smallest absolute Gasteiger partial charge is 0.228 e. The van der Waals surface area contributed by atoms with Crippen molar-refractivity contribution in [2.75, 3.05) is 5.32 Å². The van der Waals surface area contributed by atoms with Crippen molar-refractivity contribution in [3.63, 3.8) is 0 Å². The van der Waals surface area contributed by atoms with Crippen LogP contribution in [0.4, 0.5) is 5.82 Å². The Balaban J connectivity index is 1.49. The van der Waals surface area contributed by atoms with Crippen LogP contribution in [0.2, 0.25) is 0 Å². The van der Waals surface area contributed by atoms with Crippen LogP contribution in [0.3, 0.4) is 0 Å². The Kier molecular flexibility index (Phi) is 5.48. The molecule has 0 spiro atoms. The number of amides is 2. The summed E-state index contributed by atoms with van der Waals surface area (Å²) in [6, 6.07) is 12.3. The quantitative estimate of drug-likeness (QED) is 0.847. The number of primary amides is 1. The molecule has 6 heteroatoms. The van der Waals surface area contributed by atoms with Gasteiger partial charge in [-0.25, -0.2) is 0 Å². The van der Waals surface area contributed by atoms with Gasteiger partial charge in [-0.3, -0.25) is 14.3 Å². The summed E-state index contributed by atoms with van der Waals surface area (Å²) >= 11 is 0. The van der Waals surface area contributed by atoms with Crippen LogP contribution < -0.4 is 11.1 Å². The van der Waals surface area contributed by atoms with E-state index in [1.165, 1.54) is 5.56 Å². The van der Waals surface area contributed by atoms with Crippen molar-refractivity contribution in [1.29, 1.82) is 0 Å². The lowest BCUT2D eigenvalue weighted by Crippen LogP contribution is -2.27. The molecule has 1 heterocycles. The van der Waals surface area contributed by atoms with Crippen LogP contribution in [0, 0.1) is 5.92 Å². The second kappa shape index (κ2) is 7.96. The van der Waals surface area contributed by atoms with Crippen LogP contribution in [0.5, 0.6) is 0 Å². The van der Waals surface area contributed by atoms with Gasteiger partial charge >= 0.3 is 0 Å². The predicted octanol–water partition coefficient (Wildman–Crippen LogP) is 2.67. The Morgan fingerprint density at radius 1 is 1.12 bits per heavy atom. The minimum Gasteiger partial charge on any atom is -0.370 e. The predicted molar refractivity (Wildman–Crippen MR) is 95.8 cm³/mol. The lowest BCUT2D eigenvalue weighted by molar-refractivity contribution is -0.121. The highest BCUT2D eigenvalue weighted by atomic mass is 16.2. The van der Waals surface area contributed by atoms with E-state index in [-0.39, 0.29) is 24.2 Å². The van der Waals surface area contributed by atoms with Crippen LogP contribution in [0.25, 0.3) is 0 Å². The second-order valence-electron chi connectivity index (χ2n) is 6.63. The van der Waals surface area contributed by atoms with E-state index < -0.39 is 0 Å². The van der Waals surface area contributed by atoms with E-state index in [4.69, 9.17) is 5.73 Å². The normalized spacial score (nSPS) is 20.2. The summed E-state index contributed by atoms with van der Waals surface area (Å²) in [5.74, 6) is 0.788. The monoisotopic (exact) mass is 340 g/mol. The number of nitrogens with two attached hydrogens (primary N) is 1. The molecule has 1 aromatic carbocycles. The van der Waals surface area contributed by atoms with Gasteiger partial charge in [-0.05, 0) is 37.2 Å². The Labute approximate surface area is 147 Å². The molecule has 1 aromatic heterocycles. The number of hydrogen-bond donors (Lipinski definition) is 2. The van der Waals surface area contributed by atoms with Gasteiger partial charge in [0.25, 0.3) is 0 Å². The lowest BCUT2D eigenvalue weighted by atomic mass is 9.78. The van der Waals surface area contributed by atoms with Crippen molar-refractivity contribution < 1.29 is 9.59 Å². The molecule has 1 aliphatic carbocycles. The van der Waals surface area contributed by atoms with Gasteiger partial charge in [0, 0.05) is 31.1 Å². The zero-order valence-electron chi connectivity index (χ0n) is 14.2. The van der Waals surface area contributed by atoms with E-state index in [1.54, 1.807) is 16.9 Å². The van der Waals surface area contributed by atoms with E-state index in [1.807, 2.05) is 6.07 Å². The molecule has 2 aromatic rings. The fraction of sp³-hybridized carbons (Fsp3) is 0.421. The summed E-state index contributed by atoms with van der Waals surface area (Å²) in [5, 5.41) is 7.14. The highest BCUT2D eigenvalue weighted by molar-refractivity contribution is 5.91. The molecule has 2 amide bonds. The van der Waals surface area contributed by atoms with Crippen LogP contribution in [0.1, 0.15) is 43.6 Å². The van der Waals surface area contributed by atoms with Crippen LogP contribution in [-0.4, -0.2) is 21.6 Å². The molecule has 1 aliphatic rings. The molecule has 0 aliphatic heterocycles. The van der Waals surface area contributed by atoms with Crippen molar-refractivity contribution in [3.05, 3.63) is 48.2 Å². The molecule has 25 heavy (non-hydrogen) atoms. The summed E-state index contributed by atoms with van der Waals surface area (Å²) in [6.07, 6.45) is 5.84. The molecule has 1 fully saturated rings. The van der Waals surface area contributed by atoms with Crippen molar-refractivity contribution in [1.82, 2.24) is 9.78 Å². The number of rotatable bonds is 6. The fourth-order valence-electron chi connectivity index (χ4n) is 3.42. The number of carbonyl (C=O) groups is 2. The molecule has 132 valence electrons. The minimum atomic E-state index is -0.365. The molecule has 3 rings (SSSR count). The second-order valence-corrected chi connectivity index (χ2v) is 6.63. The van der Waals surface area contributed by atoms with Crippen molar-refractivity contribution >= 4 is 17.6 Å². The Hall–Kier alpha value is -2.63. The van der Waals surface area contributed by atoms with Crippen molar-refractivity contribution in [2.24, 2.45) is 11.7 Å². The maximum Gasteiger partial charge on any atom is 0.228 e. The van der Waals surface area contributed by atoms with Crippen LogP contribution in [-0.2, 0) is 16.1 Å². The summed E-state index contributed by atoms with van der Waals surface area (Å²) < 4.78 is 1.62. The van der Waals surface area contributed by atoms with E-state index >= 15 is 0 Å². The summed E-state index contributed by atoms with van der Waals surface area (Å²) in [4.78, 5) is 23.3. The van der Waals surface area contributed by atoms with Gasteiger partial charge in [-0.1, -0.05) is 30.3 Å². The number of anilines is 1. The first kappa shape index (κ1) is 17.2. The summed E-state index contributed by atoms with van der Waals surface area (Å²) in [7, 11) is 0. The number of aromatic nitrogens is 2. The molecule has 0 saturated heterocycles. The van der Waals surface area contributed by atoms with E-state index in [0.29, 0.717) is 18.3 Å². The van der Waals surface area contributed by atoms with Crippen molar-refractivity contribution in [3.8, 4) is 0 Å². The maximum absolute atomic E-state index is 12.5. The highest BCUT2D eigenvalue weighted by Gasteiger charge is 2.27. The number of nitrogens with one attached hydrogen (secondary N) is 1. The van der Waals surface area contributed by atoms with Gasteiger partial charge in [0.1, 0.15) is 0 Å². The van der Waals surface area contributed by atoms with Gasteiger partial charge in [-0.2, -0.15) is 5.10 Å². The summed E-state index contributed by atoms with van der Waals surface area (Å²) in [6.45, 7) is 0.424. The first-order chi connectivity index (χ1) is 12.1. The standard InChI is InChI=1S/C19H24N4O2/c20-17(24)10-12-23-13-11-18(22-23)21-19(25)16-8-6-15(7-9-16)14-4-2-1-3-5-14/h1-5,11,13,15-16H,6-10,12H2,(H2,20,24)(H,21,22,25). The van der Waals surface area contributed by atoms with Gasteiger partial charge in [0.15, 0.2) is 5.82 Å². The zero-order chi connectivity index (χ0) is 17.6. The molecule has 0 bridgehead atoms. The van der Waals surface area contributed by atoms with Crippen LogP contribution in [0.15, 0.2) is 42.6 Å². The molecular weight excluding hydrogens is 316 g/mol. The Morgan fingerprint density at radius 2 is 1.84 bits per heavy atom. The average Bonchev–Trinajstić information content (AvgIpc) is 3.08. The largest absolute Gasteiger partial charge is 0.370 e. The highest BCUT2D eigenvalue weighted by Crippen LogP contribution is 2.36.